The van der Waals surface area contributed by atoms with Gasteiger partial charge in [0.25, 0.3) is 5.91 Å². The molecule has 0 heterocycles. The van der Waals surface area contributed by atoms with E-state index in [0.29, 0.717) is 11.5 Å². The molecular weight excluding hydrogens is 246 g/mol. The fourth-order valence-corrected chi connectivity index (χ4v) is 2.22. The van der Waals surface area contributed by atoms with Crippen molar-refractivity contribution < 1.29 is 4.79 Å². The van der Waals surface area contributed by atoms with E-state index in [1.54, 1.807) is 0 Å². The van der Waals surface area contributed by atoms with Gasteiger partial charge in [-0.3, -0.25) is 4.79 Å². The number of nitrogens with one attached hydrogen (secondary N) is 1. The van der Waals surface area contributed by atoms with Gasteiger partial charge in [-0.15, -0.1) is 0 Å². The third-order valence-electron chi connectivity index (χ3n) is 3.43. The maximum Gasteiger partial charge on any atom is 0.251 e. The zero-order valence-corrected chi connectivity index (χ0v) is 12.3. The van der Waals surface area contributed by atoms with Gasteiger partial charge in [-0.05, 0) is 30.5 Å². The van der Waals surface area contributed by atoms with E-state index in [-0.39, 0.29) is 11.9 Å². The number of amides is 1. The molecular formula is C18H21NO. The minimum Gasteiger partial charge on any atom is -0.345 e. The molecule has 2 nitrogen and oxygen atoms in total. The van der Waals surface area contributed by atoms with Crippen LogP contribution in [0.15, 0.2) is 54.6 Å². The van der Waals surface area contributed by atoms with E-state index in [0.717, 1.165) is 11.1 Å². The summed E-state index contributed by atoms with van der Waals surface area (Å²) in [5.41, 5.74) is 3.00. The van der Waals surface area contributed by atoms with Gasteiger partial charge in [0.05, 0.1) is 6.04 Å². The molecule has 0 saturated carbocycles. The number of carbonyl (C=O) groups is 1. The van der Waals surface area contributed by atoms with Gasteiger partial charge in [0.2, 0.25) is 0 Å². The Morgan fingerprint density at radius 2 is 1.55 bits per heavy atom. The fourth-order valence-electron chi connectivity index (χ4n) is 2.22. The summed E-state index contributed by atoms with van der Waals surface area (Å²) in [4.78, 5) is 12.3. The zero-order chi connectivity index (χ0) is 14.5. The summed E-state index contributed by atoms with van der Waals surface area (Å²) in [6.45, 7) is 6.25. The number of carbonyl (C=O) groups excluding carboxylic acids is 1. The zero-order valence-electron chi connectivity index (χ0n) is 12.3. The molecule has 1 N–H and O–H groups in total. The fraction of sp³-hybridized carbons (Fsp3) is 0.278. The minimum atomic E-state index is -0.0208. The van der Waals surface area contributed by atoms with Crippen LogP contribution in [0.1, 0.15) is 41.4 Å². The van der Waals surface area contributed by atoms with E-state index in [1.807, 2.05) is 49.4 Å². The normalized spacial score (nSPS) is 12.2. The van der Waals surface area contributed by atoms with E-state index in [4.69, 9.17) is 0 Å². The van der Waals surface area contributed by atoms with Crippen molar-refractivity contribution in [2.45, 2.75) is 26.8 Å². The molecule has 20 heavy (non-hydrogen) atoms. The van der Waals surface area contributed by atoms with Gasteiger partial charge >= 0.3 is 0 Å². The molecule has 0 radical (unpaired) electrons. The van der Waals surface area contributed by atoms with E-state index < -0.39 is 0 Å². The van der Waals surface area contributed by atoms with E-state index in [9.17, 15) is 4.79 Å². The van der Waals surface area contributed by atoms with Crippen molar-refractivity contribution in [1.82, 2.24) is 5.32 Å². The monoisotopic (exact) mass is 267 g/mol. The Hall–Kier alpha value is -2.09. The third kappa shape index (κ3) is 3.47. The summed E-state index contributed by atoms with van der Waals surface area (Å²) in [6.07, 6.45) is 0. The Morgan fingerprint density at radius 3 is 2.10 bits per heavy atom. The summed E-state index contributed by atoms with van der Waals surface area (Å²) < 4.78 is 0. The second-order valence-electron chi connectivity index (χ2n) is 5.47. The van der Waals surface area contributed by atoms with Crippen molar-refractivity contribution in [2.75, 3.05) is 0 Å². The van der Waals surface area contributed by atoms with Crippen molar-refractivity contribution in [3.63, 3.8) is 0 Å². The highest BCUT2D eigenvalue weighted by Gasteiger charge is 2.18. The van der Waals surface area contributed by atoms with Gasteiger partial charge < -0.3 is 5.32 Å². The maximum absolute atomic E-state index is 12.3. The molecule has 1 amide bonds. The van der Waals surface area contributed by atoms with Gasteiger partial charge in [0, 0.05) is 5.56 Å². The molecule has 0 saturated heterocycles. The predicted octanol–water partition coefficient (Wildman–Crippen LogP) is 4.12. The molecule has 0 aliphatic carbocycles. The first-order valence-corrected chi connectivity index (χ1v) is 7.00. The van der Waals surface area contributed by atoms with Gasteiger partial charge in [-0.2, -0.15) is 0 Å². The van der Waals surface area contributed by atoms with Crippen molar-refractivity contribution in [1.29, 1.82) is 0 Å². The second kappa shape index (κ2) is 6.38. The topological polar surface area (TPSA) is 29.1 Å². The van der Waals surface area contributed by atoms with Crippen LogP contribution >= 0.6 is 0 Å². The van der Waals surface area contributed by atoms with Crippen molar-refractivity contribution in [2.24, 2.45) is 5.92 Å². The van der Waals surface area contributed by atoms with Crippen LogP contribution in [0.2, 0.25) is 0 Å². The minimum absolute atomic E-state index is 0.0208. The molecule has 2 aromatic rings. The lowest BCUT2D eigenvalue weighted by molar-refractivity contribution is 0.0925. The highest BCUT2D eigenvalue weighted by Crippen LogP contribution is 2.21. The number of rotatable bonds is 4. The molecule has 0 aliphatic rings. The van der Waals surface area contributed by atoms with Crippen LogP contribution < -0.4 is 5.32 Å². The summed E-state index contributed by atoms with van der Waals surface area (Å²) in [5, 5.41) is 3.13. The van der Waals surface area contributed by atoms with Gasteiger partial charge in [0.1, 0.15) is 0 Å². The SMILES string of the molecule is Cc1ccc(C(=O)N[C@@H](c2ccccc2)C(C)C)cc1. The predicted molar refractivity (Wildman–Crippen MR) is 82.7 cm³/mol. The summed E-state index contributed by atoms with van der Waals surface area (Å²) in [6, 6.07) is 17.8. The van der Waals surface area contributed by atoms with Crippen LogP contribution in [0.3, 0.4) is 0 Å². The Kier molecular flexibility index (Phi) is 4.57. The molecule has 0 aromatic heterocycles. The molecule has 2 rings (SSSR count). The lowest BCUT2D eigenvalue weighted by Crippen LogP contribution is -2.31. The largest absolute Gasteiger partial charge is 0.345 e. The lowest BCUT2D eigenvalue weighted by atomic mass is 9.95. The number of benzene rings is 2. The first-order chi connectivity index (χ1) is 9.58. The number of hydrogen-bond acceptors (Lipinski definition) is 1. The van der Waals surface area contributed by atoms with Crippen LogP contribution in [0, 0.1) is 12.8 Å². The smallest absolute Gasteiger partial charge is 0.251 e. The first kappa shape index (κ1) is 14.3. The van der Waals surface area contributed by atoms with Crippen molar-refractivity contribution >= 4 is 5.91 Å². The van der Waals surface area contributed by atoms with Crippen LogP contribution in [0.25, 0.3) is 0 Å². The van der Waals surface area contributed by atoms with E-state index >= 15 is 0 Å². The standard InChI is InChI=1S/C18H21NO/c1-13(2)17(15-7-5-4-6-8-15)19-18(20)16-11-9-14(3)10-12-16/h4-13,17H,1-3H3,(H,19,20)/t17-/m1/s1. The van der Waals surface area contributed by atoms with Crippen molar-refractivity contribution in [3.8, 4) is 0 Å². The molecule has 1 atom stereocenters. The highest BCUT2D eigenvalue weighted by molar-refractivity contribution is 5.94. The van der Waals surface area contributed by atoms with Gasteiger partial charge in [0.15, 0.2) is 0 Å². The molecule has 0 fully saturated rings. The molecule has 0 bridgehead atoms. The number of aryl methyl sites for hydroxylation is 1. The van der Waals surface area contributed by atoms with Crippen LogP contribution in [0.5, 0.6) is 0 Å². The molecule has 2 aromatic carbocycles. The Bertz CT molecular complexity index is 558. The van der Waals surface area contributed by atoms with Crippen LogP contribution in [-0.4, -0.2) is 5.91 Å². The van der Waals surface area contributed by atoms with Crippen LogP contribution in [0.4, 0.5) is 0 Å². The third-order valence-corrected chi connectivity index (χ3v) is 3.43. The van der Waals surface area contributed by atoms with Crippen LogP contribution in [-0.2, 0) is 0 Å². The van der Waals surface area contributed by atoms with Gasteiger partial charge in [-0.25, -0.2) is 0 Å². The maximum atomic E-state index is 12.3. The lowest BCUT2D eigenvalue weighted by Gasteiger charge is -2.23. The molecule has 2 heteroatoms. The Labute approximate surface area is 120 Å². The molecule has 0 spiro atoms. The van der Waals surface area contributed by atoms with Crippen molar-refractivity contribution in [3.05, 3.63) is 71.3 Å². The quantitative estimate of drug-likeness (QED) is 0.887. The van der Waals surface area contributed by atoms with Gasteiger partial charge in [-0.1, -0.05) is 61.9 Å². The Balaban J connectivity index is 2.17. The highest BCUT2D eigenvalue weighted by atomic mass is 16.1. The summed E-state index contributed by atoms with van der Waals surface area (Å²) >= 11 is 0. The number of hydrogen-bond donors (Lipinski definition) is 1. The second-order valence-corrected chi connectivity index (χ2v) is 5.47. The summed E-state index contributed by atoms with van der Waals surface area (Å²) in [5.74, 6) is 0.319. The average Bonchev–Trinajstić information content (AvgIpc) is 2.46. The Morgan fingerprint density at radius 1 is 0.950 bits per heavy atom. The van der Waals surface area contributed by atoms with E-state index in [1.165, 1.54) is 0 Å². The molecule has 0 aliphatic heterocycles. The van der Waals surface area contributed by atoms with E-state index in [2.05, 4.69) is 31.3 Å². The average molecular weight is 267 g/mol. The first-order valence-electron chi connectivity index (χ1n) is 7.00. The molecule has 104 valence electrons. The molecule has 0 unspecified atom stereocenters. The summed E-state index contributed by atoms with van der Waals surface area (Å²) in [7, 11) is 0.